The van der Waals surface area contributed by atoms with E-state index in [1.165, 1.54) is 11.1 Å². The van der Waals surface area contributed by atoms with Crippen LogP contribution in [0.2, 0.25) is 0 Å². The van der Waals surface area contributed by atoms with E-state index in [-0.39, 0.29) is 0 Å². The lowest BCUT2D eigenvalue weighted by Gasteiger charge is -2.05. The fraction of sp³-hybridized carbons (Fsp3) is 0.214. The second kappa shape index (κ2) is 4.52. The summed E-state index contributed by atoms with van der Waals surface area (Å²) in [6.07, 6.45) is 2.81. The summed E-state index contributed by atoms with van der Waals surface area (Å²) in [6.45, 7) is 4.01. The maximum absolute atomic E-state index is 5.88. The van der Waals surface area contributed by atoms with Crippen LogP contribution in [0.15, 0.2) is 36.5 Å². The highest BCUT2D eigenvalue weighted by Gasteiger charge is 1.98. The number of nitrogens with zero attached hydrogens (tertiary/aromatic N) is 1. The Labute approximate surface area is 98.0 Å². The van der Waals surface area contributed by atoms with Crippen LogP contribution < -0.4 is 5.46 Å². The number of aromatic nitrogens is 1. The summed E-state index contributed by atoms with van der Waals surface area (Å²) in [6, 6.07) is 10.4. The number of aryl methyl sites for hydroxylation is 2. The van der Waals surface area contributed by atoms with Crippen molar-refractivity contribution in [2.45, 2.75) is 20.3 Å². The zero-order chi connectivity index (χ0) is 11.5. The quantitative estimate of drug-likeness (QED) is 0.687. The Morgan fingerprint density at radius 1 is 1.06 bits per heavy atom. The molecule has 1 heterocycles. The van der Waals surface area contributed by atoms with Gasteiger partial charge in [-0.25, -0.2) is 0 Å². The number of benzene rings is 1. The van der Waals surface area contributed by atoms with E-state index in [0.29, 0.717) is 0 Å². The van der Waals surface area contributed by atoms with E-state index in [4.69, 9.17) is 7.85 Å². The molecule has 0 N–H and O–H groups in total. The molecule has 0 amide bonds. The summed E-state index contributed by atoms with van der Waals surface area (Å²) in [5.41, 5.74) is 5.48. The Hall–Kier alpha value is -1.57. The minimum atomic E-state index is 0.859. The van der Waals surface area contributed by atoms with E-state index in [2.05, 4.69) is 23.2 Å². The number of hydrogen-bond acceptors (Lipinski definition) is 1. The smallest absolute Gasteiger partial charge is 0.114 e. The third kappa shape index (κ3) is 2.51. The van der Waals surface area contributed by atoms with E-state index >= 15 is 0 Å². The van der Waals surface area contributed by atoms with Crippen molar-refractivity contribution < 1.29 is 0 Å². The van der Waals surface area contributed by atoms with Crippen molar-refractivity contribution in [2.75, 3.05) is 0 Å². The molecule has 0 aliphatic heterocycles. The van der Waals surface area contributed by atoms with Crippen LogP contribution in [0, 0.1) is 13.8 Å². The van der Waals surface area contributed by atoms with Gasteiger partial charge >= 0.3 is 0 Å². The lowest BCUT2D eigenvalue weighted by Crippen LogP contribution is -2.08. The zero-order valence-electron chi connectivity index (χ0n) is 9.70. The first kappa shape index (κ1) is 10.9. The third-order valence-electron chi connectivity index (χ3n) is 2.72. The molecule has 1 aromatic carbocycles. The standard InChI is InChI=1S/C14H14BN/c1-10-3-5-12(8-14(10)15)7-13-6-4-11(2)16-9-13/h3-6,8-9H,7H2,1-2H3. The fourth-order valence-electron chi connectivity index (χ4n) is 1.64. The van der Waals surface area contributed by atoms with Crippen LogP contribution in [-0.4, -0.2) is 12.8 Å². The molecule has 1 nitrogen and oxygen atoms in total. The highest BCUT2D eigenvalue weighted by atomic mass is 14.7. The van der Waals surface area contributed by atoms with Crippen molar-refractivity contribution in [2.24, 2.45) is 0 Å². The predicted octanol–water partition coefficient (Wildman–Crippen LogP) is 2.08. The summed E-state index contributed by atoms with van der Waals surface area (Å²) in [7, 11) is 5.88. The van der Waals surface area contributed by atoms with Crippen molar-refractivity contribution in [3.05, 3.63) is 58.9 Å². The third-order valence-corrected chi connectivity index (χ3v) is 2.72. The summed E-state index contributed by atoms with van der Waals surface area (Å²) in [4.78, 5) is 4.28. The van der Waals surface area contributed by atoms with Crippen LogP contribution >= 0.6 is 0 Å². The highest BCUT2D eigenvalue weighted by Crippen LogP contribution is 2.08. The molecule has 1 aromatic heterocycles. The fourth-order valence-corrected chi connectivity index (χ4v) is 1.64. The van der Waals surface area contributed by atoms with Crippen LogP contribution in [0.3, 0.4) is 0 Å². The molecule has 2 rings (SSSR count). The summed E-state index contributed by atoms with van der Waals surface area (Å²) >= 11 is 0. The van der Waals surface area contributed by atoms with Gasteiger partial charge < -0.3 is 0 Å². The van der Waals surface area contributed by atoms with E-state index in [1.54, 1.807) is 0 Å². The van der Waals surface area contributed by atoms with Crippen LogP contribution in [0.1, 0.15) is 22.4 Å². The van der Waals surface area contributed by atoms with Gasteiger partial charge in [0, 0.05) is 11.9 Å². The molecule has 0 aliphatic rings. The predicted molar refractivity (Wildman–Crippen MR) is 68.3 cm³/mol. The van der Waals surface area contributed by atoms with Gasteiger partial charge in [-0.05, 0) is 37.5 Å². The first-order chi connectivity index (χ1) is 7.65. The average molecular weight is 207 g/mol. The zero-order valence-corrected chi connectivity index (χ0v) is 9.70. The Morgan fingerprint density at radius 2 is 1.81 bits per heavy atom. The minimum Gasteiger partial charge on any atom is -0.261 e. The summed E-state index contributed by atoms with van der Waals surface area (Å²) < 4.78 is 0. The second-order valence-corrected chi connectivity index (χ2v) is 4.18. The van der Waals surface area contributed by atoms with Gasteiger partial charge in [0.1, 0.15) is 7.85 Å². The van der Waals surface area contributed by atoms with Gasteiger partial charge in [0.05, 0.1) is 0 Å². The molecule has 2 aromatic rings. The number of rotatable bonds is 2. The molecule has 0 unspecified atom stereocenters. The van der Waals surface area contributed by atoms with Crippen molar-refractivity contribution in [1.29, 1.82) is 0 Å². The lowest BCUT2D eigenvalue weighted by atomic mass is 9.88. The van der Waals surface area contributed by atoms with E-state index in [1.807, 2.05) is 32.2 Å². The molecule has 0 spiro atoms. The molecular formula is C14H14BN. The van der Waals surface area contributed by atoms with Crippen molar-refractivity contribution >= 4 is 13.3 Å². The first-order valence-corrected chi connectivity index (χ1v) is 5.41. The molecule has 0 saturated carbocycles. The molecule has 0 fully saturated rings. The first-order valence-electron chi connectivity index (χ1n) is 5.41. The van der Waals surface area contributed by atoms with E-state index < -0.39 is 0 Å². The summed E-state index contributed by atoms with van der Waals surface area (Å²) in [5, 5.41) is 0. The van der Waals surface area contributed by atoms with Crippen molar-refractivity contribution in [3.8, 4) is 0 Å². The average Bonchev–Trinajstić information content (AvgIpc) is 2.27. The lowest BCUT2D eigenvalue weighted by molar-refractivity contribution is 1.11. The molecule has 0 aliphatic carbocycles. The maximum atomic E-state index is 5.88. The van der Waals surface area contributed by atoms with Crippen molar-refractivity contribution in [3.63, 3.8) is 0 Å². The molecule has 0 saturated heterocycles. The van der Waals surface area contributed by atoms with Gasteiger partial charge in [0.25, 0.3) is 0 Å². The number of pyridine rings is 1. The minimum absolute atomic E-state index is 0.859. The van der Waals surface area contributed by atoms with Crippen LogP contribution in [0.4, 0.5) is 0 Å². The summed E-state index contributed by atoms with van der Waals surface area (Å²) in [5.74, 6) is 0. The second-order valence-electron chi connectivity index (χ2n) is 4.18. The van der Waals surface area contributed by atoms with Gasteiger partial charge in [-0.1, -0.05) is 35.3 Å². The van der Waals surface area contributed by atoms with Gasteiger partial charge in [-0.15, -0.1) is 0 Å². The monoisotopic (exact) mass is 207 g/mol. The Kier molecular flexibility index (Phi) is 3.09. The Bertz CT molecular complexity index is 489. The van der Waals surface area contributed by atoms with E-state index in [0.717, 1.165) is 23.1 Å². The topological polar surface area (TPSA) is 12.9 Å². The Balaban J connectivity index is 2.20. The molecule has 2 radical (unpaired) electrons. The van der Waals surface area contributed by atoms with Crippen LogP contribution in [0.25, 0.3) is 0 Å². The highest BCUT2D eigenvalue weighted by molar-refractivity contribution is 6.33. The molecule has 2 heteroatoms. The molecule has 0 bridgehead atoms. The molecule has 0 atom stereocenters. The SMILES string of the molecule is [B]c1cc(Cc2ccc(C)nc2)ccc1C. The van der Waals surface area contributed by atoms with Crippen LogP contribution in [0.5, 0.6) is 0 Å². The largest absolute Gasteiger partial charge is 0.261 e. The van der Waals surface area contributed by atoms with Gasteiger partial charge in [-0.3, -0.25) is 4.98 Å². The van der Waals surface area contributed by atoms with Crippen LogP contribution in [-0.2, 0) is 6.42 Å². The van der Waals surface area contributed by atoms with Gasteiger partial charge in [-0.2, -0.15) is 0 Å². The normalized spacial score (nSPS) is 10.4. The van der Waals surface area contributed by atoms with E-state index in [9.17, 15) is 0 Å². The Morgan fingerprint density at radius 3 is 2.44 bits per heavy atom. The molecule has 16 heavy (non-hydrogen) atoms. The van der Waals surface area contributed by atoms with Gasteiger partial charge in [0.2, 0.25) is 0 Å². The maximum Gasteiger partial charge on any atom is 0.114 e. The van der Waals surface area contributed by atoms with Gasteiger partial charge in [0.15, 0.2) is 0 Å². The number of hydrogen-bond donors (Lipinski definition) is 0. The molecule has 78 valence electrons. The molecular weight excluding hydrogens is 193 g/mol. The van der Waals surface area contributed by atoms with Crippen molar-refractivity contribution in [1.82, 2.24) is 4.98 Å².